The molecule has 0 aliphatic heterocycles. The molecule has 5 nitrogen and oxygen atoms in total. The van der Waals surface area contributed by atoms with E-state index in [-0.39, 0.29) is 5.75 Å². The lowest BCUT2D eigenvalue weighted by atomic mass is 10.2. The van der Waals surface area contributed by atoms with Crippen molar-refractivity contribution in [2.24, 2.45) is 0 Å². The molecule has 2 amide bonds. The van der Waals surface area contributed by atoms with Crippen molar-refractivity contribution in [2.45, 2.75) is 0 Å². The summed E-state index contributed by atoms with van der Waals surface area (Å²) in [5, 5.41) is 0. The predicted octanol–water partition coefficient (Wildman–Crippen LogP) is 2.20. The van der Waals surface area contributed by atoms with Crippen molar-refractivity contribution >= 4 is 17.9 Å². The van der Waals surface area contributed by atoms with Gasteiger partial charge < -0.3 is 4.74 Å². The van der Waals surface area contributed by atoms with Crippen LogP contribution in [0.2, 0.25) is 0 Å². The lowest BCUT2D eigenvalue weighted by Gasteiger charge is -2.08. The van der Waals surface area contributed by atoms with Crippen LogP contribution in [0.4, 0.5) is 8.78 Å². The number of nitrogens with one attached hydrogen (secondary N) is 2. The maximum atomic E-state index is 13.3. The molecule has 0 radical (unpaired) electrons. The van der Waals surface area contributed by atoms with Crippen LogP contribution in [0.15, 0.2) is 54.6 Å². The highest BCUT2D eigenvalue weighted by atomic mass is 19.1. The number of hydrazine groups is 1. The summed E-state index contributed by atoms with van der Waals surface area (Å²) in [7, 11) is 0. The maximum Gasteiger partial charge on any atom is 0.276 e. The molecule has 0 saturated heterocycles. The van der Waals surface area contributed by atoms with Gasteiger partial charge in [0.15, 0.2) is 18.2 Å². The molecular formula is C17H14F2N2O3. The van der Waals surface area contributed by atoms with E-state index in [1.165, 1.54) is 42.5 Å². The Kier molecular flexibility index (Phi) is 6.01. The zero-order chi connectivity index (χ0) is 17.4. The van der Waals surface area contributed by atoms with Crippen LogP contribution in [0.25, 0.3) is 6.08 Å². The molecule has 0 aliphatic rings. The van der Waals surface area contributed by atoms with Gasteiger partial charge in [0.1, 0.15) is 5.82 Å². The summed E-state index contributed by atoms with van der Waals surface area (Å²) in [6, 6.07) is 11.3. The summed E-state index contributed by atoms with van der Waals surface area (Å²) < 4.78 is 31.2. The molecule has 0 unspecified atom stereocenters. The van der Waals surface area contributed by atoms with E-state index >= 15 is 0 Å². The van der Waals surface area contributed by atoms with Crippen LogP contribution in [0.3, 0.4) is 0 Å². The van der Waals surface area contributed by atoms with E-state index in [2.05, 4.69) is 10.9 Å². The zero-order valence-corrected chi connectivity index (χ0v) is 12.5. The van der Waals surface area contributed by atoms with Crippen LogP contribution in [0, 0.1) is 11.6 Å². The first-order chi connectivity index (χ1) is 11.5. The van der Waals surface area contributed by atoms with E-state index in [4.69, 9.17) is 4.74 Å². The normalized spacial score (nSPS) is 10.4. The van der Waals surface area contributed by atoms with Gasteiger partial charge in [-0.15, -0.1) is 0 Å². The average molecular weight is 332 g/mol. The molecule has 0 spiro atoms. The second kappa shape index (κ2) is 8.42. The third-order valence-corrected chi connectivity index (χ3v) is 2.80. The second-order valence-electron chi connectivity index (χ2n) is 4.64. The minimum atomic E-state index is -0.661. The molecule has 2 aromatic rings. The highest BCUT2D eigenvalue weighted by Gasteiger charge is 2.06. The first-order valence-electron chi connectivity index (χ1n) is 6.94. The number of carbonyl (C=O) groups excluding carboxylic acids is 2. The summed E-state index contributed by atoms with van der Waals surface area (Å²) >= 11 is 0. The average Bonchev–Trinajstić information content (AvgIpc) is 2.57. The Bertz CT molecular complexity index is 763. The highest BCUT2D eigenvalue weighted by molar-refractivity contribution is 5.93. The number of benzene rings is 2. The van der Waals surface area contributed by atoms with Crippen molar-refractivity contribution in [3.05, 3.63) is 71.8 Å². The standard InChI is InChI=1S/C17H14F2N2O3/c18-13-5-3-4-12(10-13)8-9-16(22)20-21-17(23)11-24-15-7-2-1-6-14(15)19/h1-10H,11H2,(H,20,22)(H,21,23)/b9-8+. The van der Waals surface area contributed by atoms with E-state index in [0.29, 0.717) is 5.56 Å². The molecule has 0 aromatic heterocycles. The van der Waals surface area contributed by atoms with Gasteiger partial charge in [0.2, 0.25) is 0 Å². The predicted molar refractivity (Wildman–Crippen MR) is 83.6 cm³/mol. The van der Waals surface area contributed by atoms with Crippen LogP contribution in [-0.2, 0) is 9.59 Å². The molecule has 0 saturated carbocycles. The summed E-state index contributed by atoms with van der Waals surface area (Å²) in [5.74, 6) is -2.35. The summed E-state index contributed by atoms with van der Waals surface area (Å²) in [6.07, 6.45) is 2.52. The van der Waals surface area contributed by atoms with E-state index in [1.54, 1.807) is 12.1 Å². The zero-order valence-electron chi connectivity index (χ0n) is 12.5. The molecule has 0 aliphatic carbocycles. The third-order valence-electron chi connectivity index (χ3n) is 2.80. The Balaban J connectivity index is 1.75. The van der Waals surface area contributed by atoms with Crippen molar-refractivity contribution in [3.63, 3.8) is 0 Å². The molecule has 0 fully saturated rings. The molecule has 124 valence electrons. The number of hydrogen-bond acceptors (Lipinski definition) is 3. The van der Waals surface area contributed by atoms with Gasteiger partial charge in [0.25, 0.3) is 11.8 Å². The molecule has 0 bridgehead atoms. The van der Waals surface area contributed by atoms with Gasteiger partial charge in [0, 0.05) is 6.08 Å². The fourth-order valence-corrected chi connectivity index (χ4v) is 1.70. The molecule has 0 heterocycles. The smallest absolute Gasteiger partial charge is 0.276 e. The molecule has 2 aromatic carbocycles. The largest absolute Gasteiger partial charge is 0.481 e. The number of amides is 2. The fraction of sp³-hybridized carbons (Fsp3) is 0.0588. The Morgan fingerprint density at radius 1 is 1.04 bits per heavy atom. The summed E-state index contributed by atoms with van der Waals surface area (Å²) in [4.78, 5) is 23.0. The van der Waals surface area contributed by atoms with Crippen LogP contribution in [0.1, 0.15) is 5.56 Å². The lowest BCUT2D eigenvalue weighted by Crippen LogP contribution is -2.43. The van der Waals surface area contributed by atoms with Crippen molar-refractivity contribution in [3.8, 4) is 5.75 Å². The number of hydrogen-bond donors (Lipinski definition) is 2. The quantitative estimate of drug-likeness (QED) is 0.652. The third kappa shape index (κ3) is 5.53. The number of rotatable bonds is 5. The molecule has 7 heteroatoms. The van der Waals surface area contributed by atoms with Gasteiger partial charge in [-0.05, 0) is 35.9 Å². The van der Waals surface area contributed by atoms with Gasteiger partial charge in [-0.1, -0.05) is 24.3 Å². The van der Waals surface area contributed by atoms with Gasteiger partial charge >= 0.3 is 0 Å². The fourth-order valence-electron chi connectivity index (χ4n) is 1.70. The summed E-state index contributed by atoms with van der Waals surface area (Å²) in [5.41, 5.74) is 4.73. The van der Waals surface area contributed by atoms with Crippen LogP contribution < -0.4 is 15.6 Å². The van der Waals surface area contributed by atoms with E-state index in [9.17, 15) is 18.4 Å². The Hall–Kier alpha value is -3.22. The van der Waals surface area contributed by atoms with Gasteiger partial charge in [-0.2, -0.15) is 0 Å². The van der Waals surface area contributed by atoms with E-state index in [0.717, 1.165) is 6.08 Å². The van der Waals surface area contributed by atoms with Crippen molar-refractivity contribution in [1.82, 2.24) is 10.9 Å². The SMILES string of the molecule is O=C(/C=C/c1cccc(F)c1)NNC(=O)COc1ccccc1F. The number of carbonyl (C=O) groups is 2. The molecule has 2 rings (SSSR count). The van der Waals surface area contributed by atoms with Crippen LogP contribution in [0.5, 0.6) is 5.75 Å². The Morgan fingerprint density at radius 2 is 1.83 bits per heavy atom. The van der Waals surface area contributed by atoms with E-state index < -0.39 is 30.1 Å². The van der Waals surface area contributed by atoms with Crippen molar-refractivity contribution in [2.75, 3.05) is 6.61 Å². The first-order valence-corrected chi connectivity index (χ1v) is 6.94. The van der Waals surface area contributed by atoms with Crippen molar-refractivity contribution in [1.29, 1.82) is 0 Å². The van der Waals surface area contributed by atoms with Crippen LogP contribution >= 0.6 is 0 Å². The monoisotopic (exact) mass is 332 g/mol. The van der Waals surface area contributed by atoms with Crippen LogP contribution in [-0.4, -0.2) is 18.4 Å². The highest BCUT2D eigenvalue weighted by Crippen LogP contribution is 2.14. The van der Waals surface area contributed by atoms with Gasteiger partial charge in [-0.3, -0.25) is 20.4 Å². The number of halogens is 2. The maximum absolute atomic E-state index is 13.3. The first kappa shape index (κ1) is 17.1. The molecule has 0 atom stereocenters. The number of para-hydroxylation sites is 1. The molecule has 2 N–H and O–H groups in total. The number of ether oxygens (including phenoxy) is 1. The minimum absolute atomic E-state index is 0.0648. The molecular weight excluding hydrogens is 318 g/mol. The minimum Gasteiger partial charge on any atom is -0.481 e. The van der Waals surface area contributed by atoms with E-state index in [1.807, 2.05) is 0 Å². The topological polar surface area (TPSA) is 67.4 Å². The lowest BCUT2D eigenvalue weighted by molar-refractivity contribution is -0.128. The Morgan fingerprint density at radius 3 is 2.58 bits per heavy atom. The van der Waals surface area contributed by atoms with Crippen molar-refractivity contribution < 1.29 is 23.1 Å². The second-order valence-corrected chi connectivity index (χ2v) is 4.64. The van der Waals surface area contributed by atoms with Gasteiger partial charge in [-0.25, -0.2) is 8.78 Å². The Labute approximate surface area is 136 Å². The summed E-state index contributed by atoms with van der Waals surface area (Å²) in [6.45, 7) is -0.463. The van der Waals surface area contributed by atoms with Gasteiger partial charge in [0.05, 0.1) is 0 Å². The molecule has 24 heavy (non-hydrogen) atoms.